The van der Waals surface area contributed by atoms with Crippen molar-refractivity contribution in [1.82, 2.24) is 5.16 Å². The Kier molecular flexibility index (Phi) is 1.12. The largest absolute Gasteiger partial charge is 0.362 e. The van der Waals surface area contributed by atoms with Crippen LogP contribution in [0.5, 0.6) is 0 Å². The molecule has 1 heterocycles. The summed E-state index contributed by atoms with van der Waals surface area (Å²) in [4.78, 5) is 0. The third-order valence-corrected chi connectivity index (χ3v) is 1.39. The van der Waals surface area contributed by atoms with Crippen molar-refractivity contribution >= 4 is 13.4 Å². The first kappa shape index (κ1) is 5.41. The Hall–Kier alpha value is -0.725. The molecule has 42 valence electrons. The molecule has 0 saturated carbocycles. The van der Waals surface area contributed by atoms with E-state index in [-0.39, 0.29) is 0 Å². The molecule has 8 heavy (non-hydrogen) atoms. The minimum absolute atomic E-state index is 0.919. The second-order valence-corrected chi connectivity index (χ2v) is 1.95. The smallest absolute Gasteiger partial charge is 0.168 e. The zero-order chi connectivity index (χ0) is 6.15. The van der Waals surface area contributed by atoms with Gasteiger partial charge in [-0.1, -0.05) is 5.16 Å². The van der Waals surface area contributed by atoms with Gasteiger partial charge in [-0.25, -0.2) is 0 Å². The molecule has 1 aromatic heterocycles. The van der Waals surface area contributed by atoms with E-state index in [9.17, 15) is 0 Å². The highest BCUT2D eigenvalue weighted by Gasteiger charge is 1.99. The molecule has 3 heteroatoms. The van der Waals surface area contributed by atoms with Crippen LogP contribution in [0.3, 0.4) is 0 Å². The second kappa shape index (κ2) is 1.65. The fraction of sp³-hybridized carbons (Fsp3) is 0.400. The Bertz CT molecular complexity index is 175. The van der Waals surface area contributed by atoms with Crippen LogP contribution in [0.15, 0.2) is 4.52 Å². The molecule has 0 bridgehead atoms. The number of hydrogen-bond donors (Lipinski definition) is 0. The van der Waals surface area contributed by atoms with Crippen LogP contribution in [0.2, 0.25) is 0 Å². The molecule has 0 atom stereocenters. The summed E-state index contributed by atoms with van der Waals surface area (Å²) >= 11 is 0. The Morgan fingerprint density at radius 3 is 2.25 bits per heavy atom. The van der Waals surface area contributed by atoms with Crippen molar-refractivity contribution < 1.29 is 4.52 Å². The maximum absolute atomic E-state index is 4.84. The number of aromatic nitrogens is 1. The van der Waals surface area contributed by atoms with E-state index in [1.807, 2.05) is 21.7 Å². The SMILES string of the molecule is Bc1noc(C)c1C. The second-order valence-electron chi connectivity index (χ2n) is 1.95. The van der Waals surface area contributed by atoms with Crippen molar-refractivity contribution in [1.29, 1.82) is 0 Å². The Balaban J connectivity index is 3.19. The third-order valence-electron chi connectivity index (χ3n) is 1.39. The van der Waals surface area contributed by atoms with Crippen LogP contribution in [-0.2, 0) is 0 Å². The Labute approximate surface area is 49.3 Å². The van der Waals surface area contributed by atoms with Gasteiger partial charge >= 0.3 is 0 Å². The van der Waals surface area contributed by atoms with Gasteiger partial charge in [0.15, 0.2) is 7.85 Å². The van der Waals surface area contributed by atoms with Gasteiger partial charge in [0, 0.05) is 11.2 Å². The summed E-state index contributed by atoms with van der Waals surface area (Å²) in [6.07, 6.45) is 0. The van der Waals surface area contributed by atoms with Gasteiger partial charge < -0.3 is 4.52 Å². The van der Waals surface area contributed by atoms with Gasteiger partial charge in [-0.3, -0.25) is 0 Å². The molecule has 2 nitrogen and oxygen atoms in total. The summed E-state index contributed by atoms with van der Waals surface area (Å²) in [6, 6.07) is 0. The molecule has 0 amide bonds. The average molecular weight is 109 g/mol. The summed E-state index contributed by atoms with van der Waals surface area (Å²) < 4.78 is 4.84. The molecular formula is C5H8BNO. The summed E-state index contributed by atoms with van der Waals surface area (Å²) in [7, 11) is 1.94. The van der Waals surface area contributed by atoms with E-state index in [2.05, 4.69) is 5.16 Å². The van der Waals surface area contributed by atoms with Crippen molar-refractivity contribution in [3.8, 4) is 0 Å². The van der Waals surface area contributed by atoms with Gasteiger partial charge in [0.2, 0.25) is 0 Å². The average Bonchev–Trinajstić information content (AvgIpc) is 1.98. The van der Waals surface area contributed by atoms with Crippen LogP contribution in [0.1, 0.15) is 11.3 Å². The molecule has 0 unspecified atom stereocenters. The number of nitrogens with zero attached hydrogens (tertiary/aromatic N) is 1. The third kappa shape index (κ3) is 0.640. The lowest BCUT2D eigenvalue weighted by atomic mass is 10.00. The van der Waals surface area contributed by atoms with Crippen molar-refractivity contribution in [3.63, 3.8) is 0 Å². The molecule has 0 aliphatic rings. The van der Waals surface area contributed by atoms with E-state index in [1.54, 1.807) is 0 Å². The maximum Gasteiger partial charge on any atom is 0.168 e. The molecule has 0 saturated heterocycles. The topological polar surface area (TPSA) is 26.0 Å². The summed E-state index contributed by atoms with van der Waals surface area (Å²) in [6.45, 7) is 3.91. The quantitative estimate of drug-likeness (QED) is 0.421. The fourth-order valence-corrected chi connectivity index (χ4v) is 0.529. The van der Waals surface area contributed by atoms with Crippen LogP contribution < -0.4 is 5.59 Å². The van der Waals surface area contributed by atoms with E-state index in [0.29, 0.717) is 0 Å². The van der Waals surface area contributed by atoms with Crippen LogP contribution >= 0.6 is 0 Å². The molecule has 0 aliphatic heterocycles. The highest BCUT2D eigenvalue weighted by Crippen LogP contribution is 1.98. The van der Waals surface area contributed by atoms with E-state index in [1.165, 1.54) is 0 Å². The standard InChI is InChI=1S/C5H8BNO/c1-3-4(2)8-7-5(3)6/h6H2,1-2H3. The van der Waals surface area contributed by atoms with E-state index < -0.39 is 0 Å². The Morgan fingerprint density at radius 2 is 2.12 bits per heavy atom. The molecule has 0 N–H and O–H groups in total. The van der Waals surface area contributed by atoms with Crippen molar-refractivity contribution in [2.75, 3.05) is 0 Å². The van der Waals surface area contributed by atoms with Gasteiger partial charge in [-0.15, -0.1) is 0 Å². The van der Waals surface area contributed by atoms with Crippen LogP contribution in [-0.4, -0.2) is 13.0 Å². The molecule has 0 radical (unpaired) electrons. The maximum atomic E-state index is 4.84. The minimum Gasteiger partial charge on any atom is -0.362 e. The van der Waals surface area contributed by atoms with Crippen molar-refractivity contribution in [2.24, 2.45) is 0 Å². The lowest BCUT2D eigenvalue weighted by Gasteiger charge is -1.80. The van der Waals surface area contributed by atoms with Gasteiger partial charge in [0.25, 0.3) is 0 Å². The first-order valence-electron chi connectivity index (χ1n) is 2.61. The van der Waals surface area contributed by atoms with Crippen LogP contribution in [0, 0.1) is 13.8 Å². The van der Waals surface area contributed by atoms with E-state index >= 15 is 0 Å². The van der Waals surface area contributed by atoms with Crippen molar-refractivity contribution in [3.05, 3.63) is 11.3 Å². The van der Waals surface area contributed by atoms with E-state index in [0.717, 1.165) is 16.9 Å². The Morgan fingerprint density at radius 1 is 1.50 bits per heavy atom. The fourth-order valence-electron chi connectivity index (χ4n) is 0.529. The highest BCUT2D eigenvalue weighted by atomic mass is 16.5. The number of rotatable bonds is 0. The van der Waals surface area contributed by atoms with Crippen LogP contribution in [0.4, 0.5) is 0 Å². The van der Waals surface area contributed by atoms with Gasteiger partial charge in [0.1, 0.15) is 5.76 Å². The molecule has 1 rings (SSSR count). The molecular weight excluding hydrogens is 101 g/mol. The summed E-state index contributed by atoms with van der Waals surface area (Å²) in [5.74, 6) is 0.919. The predicted molar refractivity (Wildman–Crippen MR) is 34.2 cm³/mol. The summed E-state index contributed by atoms with van der Waals surface area (Å²) in [5.41, 5.74) is 2.15. The lowest BCUT2D eigenvalue weighted by molar-refractivity contribution is 0.401. The normalized spacial score (nSPS) is 9.75. The number of hydrogen-bond acceptors (Lipinski definition) is 2. The van der Waals surface area contributed by atoms with Gasteiger partial charge in [-0.05, 0) is 13.8 Å². The molecule has 0 aliphatic carbocycles. The van der Waals surface area contributed by atoms with Crippen LogP contribution in [0.25, 0.3) is 0 Å². The zero-order valence-electron chi connectivity index (χ0n) is 5.36. The highest BCUT2D eigenvalue weighted by molar-refractivity contribution is 6.31. The first-order valence-corrected chi connectivity index (χ1v) is 2.61. The first-order chi connectivity index (χ1) is 3.72. The molecule has 1 aromatic rings. The predicted octanol–water partition coefficient (Wildman–Crippen LogP) is -0.450. The van der Waals surface area contributed by atoms with Gasteiger partial charge in [0.05, 0.1) is 0 Å². The minimum atomic E-state index is 0.919. The monoisotopic (exact) mass is 109 g/mol. The zero-order valence-corrected chi connectivity index (χ0v) is 5.36. The van der Waals surface area contributed by atoms with Crippen molar-refractivity contribution in [2.45, 2.75) is 13.8 Å². The molecule has 0 spiro atoms. The number of aryl methyl sites for hydroxylation is 1. The van der Waals surface area contributed by atoms with E-state index in [4.69, 9.17) is 4.52 Å². The molecule has 0 fully saturated rings. The van der Waals surface area contributed by atoms with Gasteiger partial charge in [-0.2, -0.15) is 0 Å². The summed E-state index contributed by atoms with van der Waals surface area (Å²) in [5, 5.41) is 3.74. The molecule has 0 aromatic carbocycles. The lowest BCUT2D eigenvalue weighted by Crippen LogP contribution is -2.05.